The van der Waals surface area contributed by atoms with Gasteiger partial charge in [-0.25, -0.2) is 0 Å². The number of rotatable bonds is 4. The van der Waals surface area contributed by atoms with Gasteiger partial charge in [0.05, 0.1) is 0 Å². The summed E-state index contributed by atoms with van der Waals surface area (Å²) in [5.41, 5.74) is 3.39. The minimum Gasteiger partial charge on any atom is -0.357 e. The Bertz CT molecular complexity index is 862. The summed E-state index contributed by atoms with van der Waals surface area (Å²) in [5, 5.41) is 3.22. The summed E-state index contributed by atoms with van der Waals surface area (Å²) in [4.78, 5) is 30.5. The Morgan fingerprint density at radius 1 is 1.04 bits per heavy atom. The summed E-state index contributed by atoms with van der Waals surface area (Å²) < 4.78 is 0. The van der Waals surface area contributed by atoms with E-state index in [1.807, 2.05) is 6.07 Å². The zero-order valence-corrected chi connectivity index (χ0v) is 16.1. The molecule has 3 aliphatic rings. The number of fused-ring (bicyclic) bond motifs is 3. The molecule has 2 amide bonds. The van der Waals surface area contributed by atoms with Gasteiger partial charge in [0.15, 0.2) is 0 Å². The number of H-pyrrole nitrogens is 1. The number of carbonyl (C=O) groups excluding carboxylic acids is 2. The number of nitrogens with zero attached hydrogens (tertiary/aromatic N) is 1. The Labute approximate surface area is 165 Å². The molecule has 0 radical (unpaired) electrons. The predicted octanol–water partition coefficient (Wildman–Crippen LogP) is 3.10. The highest BCUT2D eigenvalue weighted by atomic mass is 16.2. The van der Waals surface area contributed by atoms with Crippen LogP contribution in [0.15, 0.2) is 42.6 Å². The average molecular weight is 377 g/mol. The maximum atomic E-state index is 13.0. The molecule has 2 heterocycles. The van der Waals surface area contributed by atoms with Crippen LogP contribution in [-0.4, -0.2) is 40.8 Å². The van der Waals surface area contributed by atoms with Gasteiger partial charge in [0, 0.05) is 31.7 Å². The third-order valence-electron chi connectivity index (χ3n) is 7.00. The lowest BCUT2D eigenvalue weighted by Crippen LogP contribution is -2.54. The van der Waals surface area contributed by atoms with Gasteiger partial charge in [0.25, 0.3) is 5.91 Å². The van der Waals surface area contributed by atoms with Crippen molar-refractivity contribution in [2.75, 3.05) is 13.1 Å². The first-order chi connectivity index (χ1) is 13.7. The van der Waals surface area contributed by atoms with Gasteiger partial charge < -0.3 is 15.2 Å². The van der Waals surface area contributed by atoms with Crippen molar-refractivity contribution >= 4 is 11.8 Å². The van der Waals surface area contributed by atoms with Crippen LogP contribution in [0.2, 0.25) is 0 Å². The summed E-state index contributed by atoms with van der Waals surface area (Å²) in [5.74, 6) is 1.36. The molecule has 4 atom stereocenters. The molecule has 2 aliphatic carbocycles. The minimum atomic E-state index is -0.0331. The summed E-state index contributed by atoms with van der Waals surface area (Å²) in [6.45, 7) is 1.55. The highest BCUT2D eigenvalue weighted by molar-refractivity contribution is 5.92. The highest BCUT2D eigenvalue weighted by Crippen LogP contribution is 2.39. The van der Waals surface area contributed by atoms with Gasteiger partial charge in [-0.3, -0.25) is 9.59 Å². The molecule has 1 aliphatic heterocycles. The van der Waals surface area contributed by atoms with E-state index in [9.17, 15) is 9.59 Å². The number of aromatic nitrogens is 1. The van der Waals surface area contributed by atoms with E-state index in [2.05, 4.69) is 39.5 Å². The fourth-order valence-electron chi connectivity index (χ4n) is 5.56. The molecule has 146 valence electrons. The monoisotopic (exact) mass is 377 g/mol. The fraction of sp³-hybridized carbons (Fsp3) is 0.478. The molecule has 2 bridgehead atoms. The van der Waals surface area contributed by atoms with Crippen molar-refractivity contribution in [1.82, 2.24) is 15.2 Å². The first kappa shape index (κ1) is 17.5. The smallest absolute Gasteiger partial charge is 0.267 e. The molecule has 28 heavy (non-hydrogen) atoms. The molecule has 2 unspecified atom stereocenters. The van der Waals surface area contributed by atoms with Crippen LogP contribution in [-0.2, 0) is 11.2 Å². The van der Waals surface area contributed by atoms with E-state index in [0.29, 0.717) is 29.9 Å². The fourth-order valence-corrected chi connectivity index (χ4v) is 5.56. The van der Waals surface area contributed by atoms with Crippen molar-refractivity contribution in [2.45, 2.75) is 44.1 Å². The Morgan fingerprint density at radius 3 is 2.57 bits per heavy atom. The topological polar surface area (TPSA) is 65.2 Å². The zero-order chi connectivity index (χ0) is 19.1. The van der Waals surface area contributed by atoms with Crippen molar-refractivity contribution in [3.63, 3.8) is 0 Å². The van der Waals surface area contributed by atoms with Gasteiger partial charge in [-0.05, 0) is 66.7 Å². The second kappa shape index (κ2) is 7.12. The molecule has 0 spiro atoms. The molecular weight excluding hydrogens is 350 g/mol. The summed E-state index contributed by atoms with van der Waals surface area (Å²) in [6.07, 6.45) is 6.75. The van der Waals surface area contributed by atoms with Crippen molar-refractivity contribution in [2.24, 2.45) is 11.8 Å². The normalized spacial score (nSPS) is 28.2. The summed E-state index contributed by atoms with van der Waals surface area (Å²) in [6, 6.07) is 12.4. The van der Waals surface area contributed by atoms with Gasteiger partial charge in [-0.2, -0.15) is 0 Å². The van der Waals surface area contributed by atoms with Crippen molar-refractivity contribution in [1.29, 1.82) is 0 Å². The number of hydrogen-bond donors (Lipinski definition) is 2. The number of benzene rings is 1. The second-order valence-corrected chi connectivity index (χ2v) is 8.62. The third kappa shape index (κ3) is 3.13. The first-order valence-electron chi connectivity index (χ1n) is 10.5. The van der Waals surface area contributed by atoms with Crippen molar-refractivity contribution < 1.29 is 9.59 Å². The highest BCUT2D eigenvalue weighted by Gasteiger charge is 2.44. The number of piperidine rings is 1. The Hall–Kier alpha value is -2.56. The number of amides is 2. The van der Waals surface area contributed by atoms with Gasteiger partial charge in [0.1, 0.15) is 5.69 Å². The molecule has 5 rings (SSSR count). The summed E-state index contributed by atoms with van der Waals surface area (Å²) in [7, 11) is 0. The van der Waals surface area contributed by atoms with Gasteiger partial charge in [-0.1, -0.05) is 24.3 Å². The van der Waals surface area contributed by atoms with Crippen molar-refractivity contribution in [3.05, 3.63) is 59.4 Å². The van der Waals surface area contributed by atoms with Gasteiger partial charge in [0.2, 0.25) is 5.91 Å². The quantitative estimate of drug-likeness (QED) is 0.860. The van der Waals surface area contributed by atoms with Crippen molar-refractivity contribution in [3.8, 4) is 0 Å². The Kier molecular flexibility index (Phi) is 4.46. The molecule has 5 nitrogen and oxygen atoms in total. The number of likely N-dealkylation sites (tertiary alicyclic amines) is 1. The molecule has 2 N–H and O–H groups in total. The van der Waals surface area contributed by atoms with E-state index in [0.717, 1.165) is 38.8 Å². The van der Waals surface area contributed by atoms with E-state index < -0.39 is 0 Å². The van der Waals surface area contributed by atoms with Gasteiger partial charge in [-0.15, -0.1) is 0 Å². The standard InChI is InChI=1S/C23H27N3O2/c27-21(12-16-8-7-15-4-1-2-5-19(15)16)26-13-17-9-10-18(14-26)22(17)25-23(28)20-6-3-11-24-20/h1-6,11,16-18,22,24H,7-10,12-14H2,(H,25,28)/t16?,17-,18+,22?. The predicted molar refractivity (Wildman–Crippen MR) is 107 cm³/mol. The molecule has 1 aromatic carbocycles. The Balaban J connectivity index is 1.21. The zero-order valence-electron chi connectivity index (χ0n) is 16.1. The van der Waals surface area contributed by atoms with Crippen LogP contribution in [0.25, 0.3) is 0 Å². The first-order valence-corrected chi connectivity index (χ1v) is 10.5. The van der Waals surface area contributed by atoms with Crippen LogP contribution < -0.4 is 5.32 Å². The summed E-state index contributed by atoms with van der Waals surface area (Å²) >= 11 is 0. The molecule has 5 heteroatoms. The SMILES string of the molecule is O=C(NC1[C@@H]2CC[C@H]1CN(C(=O)CC1CCc3ccccc31)C2)c1ccc[nH]1. The maximum Gasteiger partial charge on any atom is 0.267 e. The number of hydrogen-bond acceptors (Lipinski definition) is 2. The molecule has 1 aromatic heterocycles. The number of aryl methyl sites for hydroxylation is 1. The lowest BCUT2D eigenvalue weighted by Gasteiger charge is -2.38. The van der Waals surface area contributed by atoms with Crippen LogP contribution in [0, 0.1) is 11.8 Å². The van der Waals surface area contributed by atoms with E-state index in [1.165, 1.54) is 11.1 Å². The Morgan fingerprint density at radius 2 is 1.82 bits per heavy atom. The molecule has 1 saturated heterocycles. The third-order valence-corrected chi connectivity index (χ3v) is 7.00. The average Bonchev–Trinajstić information content (AvgIpc) is 3.42. The van der Waals surface area contributed by atoms with Crippen LogP contribution in [0.5, 0.6) is 0 Å². The second-order valence-electron chi connectivity index (χ2n) is 8.62. The lowest BCUT2D eigenvalue weighted by molar-refractivity contribution is -0.134. The van der Waals surface area contributed by atoms with Crippen LogP contribution in [0.4, 0.5) is 0 Å². The van der Waals surface area contributed by atoms with E-state index in [1.54, 1.807) is 12.3 Å². The molecule has 2 fully saturated rings. The van der Waals surface area contributed by atoms with E-state index in [4.69, 9.17) is 0 Å². The molecule has 1 saturated carbocycles. The van der Waals surface area contributed by atoms with Crippen LogP contribution >= 0.6 is 0 Å². The van der Waals surface area contributed by atoms with Crippen LogP contribution in [0.1, 0.15) is 53.2 Å². The molecule has 2 aromatic rings. The van der Waals surface area contributed by atoms with Crippen LogP contribution in [0.3, 0.4) is 0 Å². The largest absolute Gasteiger partial charge is 0.357 e. The van der Waals surface area contributed by atoms with Gasteiger partial charge >= 0.3 is 0 Å². The number of aromatic amines is 1. The maximum absolute atomic E-state index is 13.0. The number of carbonyl (C=O) groups is 2. The molecular formula is C23H27N3O2. The lowest BCUT2D eigenvalue weighted by atomic mass is 9.90. The minimum absolute atomic E-state index is 0.0331. The number of nitrogens with one attached hydrogen (secondary N) is 2. The van der Waals surface area contributed by atoms with E-state index >= 15 is 0 Å². The van der Waals surface area contributed by atoms with E-state index in [-0.39, 0.29) is 17.9 Å².